The van der Waals surface area contributed by atoms with Crippen molar-refractivity contribution >= 4 is 29.0 Å². The summed E-state index contributed by atoms with van der Waals surface area (Å²) in [5, 5.41) is 0.159. The molecule has 0 radical (unpaired) electrons. The first-order valence-corrected chi connectivity index (χ1v) is 4.15. The second-order valence-electron chi connectivity index (χ2n) is 2.72. The molecule has 76 valence electrons. The normalized spacial score (nSPS) is 9.86. The zero-order valence-electron chi connectivity index (χ0n) is 7.57. The number of primary amides is 1. The molecule has 0 aromatic carbocycles. The number of anilines is 2. The zero-order valence-corrected chi connectivity index (χ0v) is 8.32. The molecule has 7 heteroatoms. The van der Waals surface area contributed by atoms with Crippen molar-refractivity contribution in [3.05, 3.63) is 11.5 Å². The van der Waals surface area contributed by atoms with Crippen LogP contribution in [-0.4, -0.2) is 29.5 Å². The van der Waals surface area contributed by atoms with E-state index in [0.29, 0.717) is 5.82 Å². The van der Waals surface area contributed by atoms with Gasteiger partial charge < -0.3 is 16.4 Å². The second-order valence-corrected chi connectivity index (χ2v) is 3.08. The molecule has 0 bridgehead atoms. The van der Waals surface area contributed by atoms with Gasteiger partial charge >= 0.3 is 0 Å². The number of likely N-dealkylation sites (N-methyl/N-ethyl adjacent to an activating group) is 1. The van der Waals surface area contributed by atoms with Crippen molar-refractivity contribution in [2.45, 2.75) is 0 Å². The van der Waals surface area contributed by atoms with Gasteiger partial charge in [-0.3, -0.25) is 4.79 Å². The van der Waals surface area contributed by atoms with Crippen LogP contribution in [0.2, 0.25) is 5.15 Å². The quantitative estimate of drug-likeness (QED) is 0.671. The number of rotatable bonds is 3. The fraction of sp³-hybridized carbons (Fsp3) is 0.286. The predicted octanol–water partition coefficient (Wildman–Crippen LogP) is -0.366. The molecule has 1 aromatic rings. The Balaban J connectivity index is 2.95. The molecule has 0 saturated heterocycles. The Hall–Kier alpha value is -1.56. The van der Waals surface area contributed by atoms with Gasteiger partial charge in [-0.15, -0.1) is 0 Å². The molecule has 1 heterocycles. The van der Waals surface area contributed by atoms with E-state index in [2.05, 4.69) is 9.97 Å². The van der Waals surface area contributed by atoms with Crippen molar-refractivity contribution in [1.82, 2.24) is 9.97 Å². The molecule has 1 aromatic heterocycles. The molecular formula is C7H10ClN5O. The smallest absolute Gasteiger partial charge is 0.236 e. The lowest BCUT2D eigenvalue weighted by Gasteiger charge is -2.17. The van der Waals surface area contributed by atoms with Crippen LogP contribution in [-0.2, 0) is 4.79 Å². The van der Waals surface area contributed by atoms with Gasteiger partial charge in [0.1, 0.15) is 12.0 Å². The van der Waals surface area contributed by atoms with Crippen LogP contribution in [0.4, 0.5) is 11.5 Å². The lowest BCUT2D eigenvalue weighted by Crippen LogP contribution is -2.31. The van der Waals surface area contributed by atoms with Crippen LogP contribution in [0.5, 0.6) is 0 Å². The van der Waals surface area contributed by atoms with Crippen LogP contribution in [0.3, 0.4) is 0 Å². The van der Waals surface area contributed by atoms with Crippen LogP contribution >= 0.6 is 11.6 Å². The van der Waals surface area contributed by atoms with E-state index in [9.17, 15) is 4.79 Å². The van der Waals surface area contributed by atoms with Crippen molar-refractivity contribution < 1.29 is 4.79 Å². The average Bonchev–Trinajstić information content (AvgIpc) is 2.08. The standard InChI is InChI=1S/C7H10ClN5O/c1-13(2-4(9)14)7-5(10)6(8)11-3-12-7/h3H,2,10H2,1H3,(H2,9,14). The Kier molecular flexibility index (Phi) is 3.08. The summed E-state index contributed by atoms with van der Waals surface area (Å²) in [6.45, 7) is 0.0253. The minimum absolute atomic E-state index is 0.0253. The summed E-state index contributed by atoms with van der Waals surface area (Å²) >= 11 is 5.68. The Bertz CT molecular complexity index is 356. The first kappa shape index (κ1) is 10.5. The van der Waals surface area contributed by atoms with Crippen LogP contribution in [0.25, 0.3) is 0 Å². The topological polar surface area (TPSA) is 98.1 Å². The number of nitrogens with two attached hydrogens (primary N) is 2. The van der Waals surface area contributed by atoms with E-state index >= 15 is 0 Å². The minimum Gasteiger partial charge on any atom is -0.393 e. The van der Waals surface area contributed by atoms with Gasteiger partial charge in [0.05, 0.1) is 6.54 Å². The third-order valence-corrected chi connectivity index (χ3v) is 1.87. The summed E-state index contributed by atoms with van der Waals surface area (Å²) < 4.78 is 0. The molecule has 0 atom stereocenters. The number of aromatic nitrogens is 2. The van der Waals surface area contributed by atoms with Gasteiger partial charge in [-0.05, 0) is 0 Å². The number of hydrogen-bond donors (Lipinski definition) is 2. The maximum absolute atomic E-state index is 10.6. The molecule has 1 amide bonds. The Labute approximate surface area is 85.9 Å². The third-order valence-electron chi connectivity index (χ3n) is 1.57. The van der Waals surface area contributed by atoms with Gasteiger partial charge in [-0.25, -0.2) is 9.97 Å². The van der Waals surface area contributed by atoms with Crippen LogP contribution in [0.15, 0.2) is 6.33 Å². The van der Waals surface area contributed by atoms with Crippen LogP contribution in [0, 0.1) is 0 Å². The maximum Gasteiger partial charge on any atom is 0.236 e. The molecule has 0 saturated carbocycles. The summed E-state index contributed by atoms with van der Waals surface area (Å²) in [5.74, 6) is -0.0783. The molecule has 0 spiro atoms. The van der Waals surface area contributed by atoms with E-state index in [1.807, 2.05) is 0 Å². The molecule has 0 aliphatic heterocycles. The number of nitrogen functional groups attached to an aromatic ring is 1. The largest absolute Gasteiger partial charge is 0.393 e. The highest BCUT2D eigenvalue weighted by molar-refractivity contribution is 6.32. The van der Waals surface area contributed by atoms with Gasteiger partial charge in [-0.2, -0.15) is 0 Å². The predicted molar refractivity (Wildman–Crippen MR) is 53.9 cm³/mol. The number of halogens is 1. The van der Waals surface area contributed by atoms with Crippen molar-refractivity contribution in [3.63, 3.8) is 0 Å². The summed E-state index contributed by atoms with van der Waals surface area (Å²) in [7, 11) is 1.64. The van der Waals surface area contributed by atoms with Crippen molar-refractivity contribution in [3.8, 4) is 0 Å². The summed E-state index contributed by atoms with van der Waals surface area (Å²) in [6, 6.07) is 0. The summed E-state index contributed by atoms with van der Waals surface area (Å²) in [4.78, 5) is 19.7. The van der Waals surface area contributed by atoms with Gasteiger partial charge in [-0.1, -0.05) is 11.6 Å². The van der Waals surface area contributed by atoms with E-state index in [0.717, 1.165) is 0 Å². The molecule has 0 aliphatic rings. The molecule has 6 nitrogen and oxygen atoms in total. The molecule has 4 N–H and O–H groups in total. The molecule has 0 unspecified atom stereocenters. The highest BCUT2D eigenvalue weighted by atomic mass is 35.5. The van der Waals surface area contributed by atoms with Crippen molar-refractivity contribution in [2.75, 3.05) is 24.2 Å². The number of amides is 1. The van der Waals surface area contributed by atoms with Gasteiger partial charge in [0, 0.05) is 7.05 Å². The summed E-state index contributed by atoms with van der Waals surface area (Å²) in [5.41, 5.74) is 10.9. The van der Waals surface area contributed by atoms with Gasteiger partial charge in [0.25, 0.3) is 0 Å². The van der Waals surface area contributed by atoms with Gasteiger partial charge in [0.2, 0.25) is 5.91 Å². The number of hydrogen-bond acceptors (Lipinski definition) is 5. The number of carbonyl (C=O) groups is 1. The SMILES string of the molecule is CN(CC(N)=O)c1ncnc(Cl)c1N. The van der Waals surface area contributed by atoms with E-state index in [1.165, 1.54) is 11.2 Å². The number of nitrogens with zero attached hydrogens (tertiary/aromatic N) is 3. The second kappa shape index (κ2) is 4.10. The molecule has 0 aliphatic carbocycles. The minimum atomic E-state index is -0.471. The Morgan fingerprint density at radius 2 is 2.29 bits per heavy atom. The third kappa shape index (κ3) is 2.23. The monoisotopic (exact) mass is 215 g/mol. The average molecular weight is 216 g/mol. The maximum atomic E-state index is 10.6. The fourth-order valence-electron chi connectivity index (χ4n) is 0.978. The molecular weight excluding hydrogens is 206 g/mol. The molecule has 0 fully saturated rings. The van der Waals surface area contributed by atoms with E-state index in [-0.39, 0.29) is 17.4 Å². The van der Waals surface area contributed by atoms with Crippen LogP contribution in [0.1, 0.15) is 0 Å². The highest BCUT2D eigenvalue weighted by Crippen LogP contribution is 2.24. The molecule has 1 rings (SSSR count). The lowest BCUT2D eigenvalue weighted by molar-refractivity contribution is -0.116. The lowest BCUT2D eigenvalue weighted by atomic mass is 10.4. The Morgan fingerprint density at radius 1 is 1.64 bits per heavy atom. The first-order chi connectivity index (χ1) is 6.52. The first-order valence-electron chi connectivity index (χ1n) is 3.77. The Morgan fingerprint density at radius 3 is 2.86 bits per heavy atom. The molecule has 14 heavy (non-hydrogen) atoms. The zero-order chi connectivity index (χ0) is 10.7. The van der Waals surface area contributed by atoms with E-state index in [1.54, 1.807) is 7.05 Å². The number of carbonyl (C=O) groups excluding carboxylic acids is 1. The fourth-order valence-corrected chi connectivity index (χ4v) is 1.11. The van der Waals surface area contributed by atoms with Gasteiger partial charge in [0.15, 0.2) is 11.0 Å². The van der Waals surface area contributed by atoms with E-state index < -0.39 is 5.91 Å². The van der Waals surface area contributed by atoms with E-state index in [4.69, 9.17) is 23.1 Å². The van der Waals surface area contributed by atoms with Crippen LogP contribution < -0.4 is 16.4 Å². The van der Waals surface area contributed by atoms with Crippen molar-refractivity contribution in [1.29, 1.82) is 0 Å². The van der Waals surface area contributed by atoms with Crippen molar-refractivity contribution in [2.24, 2.45) is 5.73 Å². The summed E-state index contributed by atoms with van der Waals surface area (Å²) in [6.07, 6.45) is 1.27. The highest BCUT2D eigenvalue weighted by Gasteiger charge is 2.11.